The van der Waals surface area contributed by atoms with Crippen molar-refractivity contribution in [2.24, 2.45) is 0 Å². The molecule has 1 aliphatic rings. The Morgan fingerprint density at radius 2 is 1.73 bits per heavy atom. The average Bonchev–Trinajstić information content (AvgIpc) is 2.91. The normalized spacial score (nSPS) is 21.2. The largest absolute Gasteiger partial charge is 0.507 e. The number of hydrogen-bond donors (Lipinski definition) is 2. The van der Waals surface area contributed by atoms with Gasteiger partial charge in [0.05, 0.1) is 12.7 Å². The van der Waals surface area contributed by atoms with E-state index in [1.165, 1.54) is 11.8 Å². The van der Waals surface area contributed by atoms with Crippen molar-refractivity contribution in [1.82, 2.24) is 0 Å². The molecular weight excluding hydrogens is 352 g/mol. The monoisotopic (exact) mass is 382 g/mol. The number of aromatic hydroxyl groups is 1. The van der Waals surface area contributed by atoms with Crippen LogP contribution in [0, 0.1) is 0 Å². The van der Waals surface area contributed by atoms with Crippen molar-refractivity contribution < 1.29 is 24.5 Å². The lowest BCUT2D eigenvalue weighted by molar-refractivity contribution is -0.144. The number of carbonyl (C=O) groups is 1. The highest BCUT2D eigenvalue weighted by molar-refractivity contribution is 7.99. The molecule has 5 nitrogen and oxygen atoms in total. The Morgan fingerprint density at radius 1 is 1.19 bits per heavy atom. The summed E-state index contributed by atoms with van der Waals surface area (Å²) in [4.78, 5) is 11.8. The molecule has 0 unspecified atom stereocenters. The fourth-order valence-corrected chi connectivity index (χ4v) is 4.12. The second-order valence-electron chi connectivity index (χ2n) is 8.76. The Labute approximate surface area is 160 Å². The maximum Gasteiger partial charge on any atom is 0.329 e. The fourth-order valence-electron chi connectivity index (χ4n) is 2.95. The first-order chi connectivity index (χ1) is 11.9. The van der Waals surface area contributed by atoms with Crippen molar-refractivity contribution >= 4 is 17.7 Å². The fraction of sp³-hybridized carbons (Fsp3) is 0.650. The summed E-state index contributed by atoms with van der Waals surface area (Å²) in [5.41, 5.74) is 1.15. The summed E-state index contributed by atoms with van der Waals surface area (Å²) >= 11 is 1.53. The SMILES string of the molecule is CC(C)(C)c1cc(S[C@H]2OCC[C@@H]2OCC(=O)O)cc(C(C)(C)C)c1O. The predicted molar refractivity (Wildman–Crippen MR) is 103 cm³/mol. The molecule has 0 aliphatic carbocycles. The van der Waals surface area contributed by atoms with Crippen LogP contribution in [0.3, 0.4) is 0 Å². The summed E-state index contributed by atoms with van der Waals surface area (Å²) in [7, 11) is 0. The summed E-state index contributed by atoms with van der Waals surface area (Å²) in [6, 6.07) is 4.01. The molecule has 0 amide bonds. The zero-order valence-electron chi connectivity index (χ0n) is 16.5. The van der Waals surface area contributed by atoms with Gasteiger partial charge in [-0.05, 0) is 23.0 Å². The predicted octanol–water partition coefficient (Wildman–Crippen LogP) is 4.30. The van der Waals surface area contributed by atoms with Crippen molar-refractivity contribution in [3.05, 3.63) is 23.3 Å². The van der Waals surface area contributed by atoms with Crippen molar-refractivity contribution in [3.63, 3.8) is 0 Å². The van der Waals surface area contributed by atoms with E-state index in [9.17, 15) is 9.90 Å². The Balaban J connectivity index is 2.32. The molecular formula is C20H30O5S. The van der Waals surface area contributed by atoms with Crippen LogP contribution in [0.4, 0.5) is 0 Å². The van der Waals surface area contributed by atoms with E-state index in [2.05, 4.69) is 41.5 Å². The lowest BCUT2D eigenvalue weighted by Crippen LogP contribution is -2.24. The number of carboxylic acid groups (broad SMARTS) is 1. The van der Waals surface area contributed by atoms with E-state index in [4.69, 9.17) is 14.6 Å². The maximum atomic E-state index is 10.8. The number of rotatable bonds is 5. The van der Waals surface area contributed by atoms with E-state index >= 15 is 0 Å². The third-order valence-electron chi connectivity index (χ3n) is 4.36. The van der Waals surface area contributed by atoms with Crippen LogP contribution >= 0.6 is 11.8 Å². The summed E-state index contributed by atoms with van der Waals surface area (Å²) < 4.78 is 11.2. The number of benzene rings is 1. The van der Waals surface area contributed by atoms with Crippen LogP contribution < -0.4 is 0 Å². The Bertz CT molecular complexity index is 622. The average molecular weight is 383 g/mol. The number of carboxylic acids is 1. The van der Waals surface area contributed by atoms with Gasteiger partial charge in [-0.3, -0.25) is 0 Å². The number of hydrogen-bond acceptors (Lipinski definition) is 5. The van der Waals surface area contributed by atoms with Crippen LogP contribution in [0.1, 0.15) is 59.1 Å². The van der Waals surface area contributed by atoms with Crippen LogP contribution in [0.2, 0.25) is 0 Å². The minimum atomic E-state index is -0.977. The van der Waals surface area contributed by atoms with E-state index in [-0.39, 0.29) is 29.0 Å². The van der Waals surface area contributed by atoms with Crippen molar-refractivity contribution in [2.75, 3.05) is 13.2 Å². The zero-order chi connectivity index (χ0) is 19.7. The van der Waals surface area contributed by atoms with Crippen LogP contribution in [0.5, 0.6) is 5.75 Å². The molecule has 1 heterocycles. The zero-order valence-corrected chi connectivity index (χ0v) is 17.3. The lowest BCUT2D eigenvalue weighted by atomic mass is 9.79. The second-order valence-corrected chi connectivity index (χ2v) is 9.93. The molecule has 1 aromatic carbocycles. The third-order valence-corrected chi connectivity index (χ3v) is 5.54. The maximum absolute atomic E-state index is 10.8. The summed E-state index contributed by atoms with van der Waals surface area (Å²) in [6.07, 6.45) is 0.433. The third kappa shape index (κ3) is 5.15. The molecule has 1 fully saturated rings. The number of phenolic OH excluding ortho intramolecular Hbond substituents is 1. The van der Waals surface area contributed by atoms with Crippen LogP contribution in [0.15, 0.2) is 17.0 Å². The topological polar surface area (TPSA) is 76.0 Å². The van der Waals surface area contributed by atoms with Crippen LogP contribution in [-0.4, -0.2) is 40.9 Å². The quantitative estimate of drug-likeness (QED) is 0.791. The van der Waals surface area contributed by atoms with Crippen LogP contribution in [0.25, 0.3) is 0 Å². The van der Waals surface area contributed by atoms with Gasteiger partial charge >= 0.3 is 5.97 Å². The summed E-state index contributed by atoms with van der Waals surface area (Å²) in [6.45, 7) is 12.7. The van der Waals surface area contributed by atoms with E-state index in [1.807, 2.05) is 12.1 Å². The van der Waals surface area contributed by atoms with Crippen molar-refractivity contribution in [3.8, 4) is 5.75 Å². The first-order valence-electron chi connectivity index (χ1n) is 8.89. The van der Waals surface area contributed by atoms with Gasteiger partial charge in [0.25, 0.3) is 0 Å². The Morgan fingerprint density at radius 3 is 2.19 bits per heavy atom. The van der Waals surface area contributed by atoms with Gasteiger partial charge in [0.2, 0.25) is 0 Å². The van der Waals surface area contributed by atoms with Gasteiger partial charge in [0.1, 0.15) is 17.8 Å². The standard InChI is InChI=1S/C20H30O5S/c1-19(2,3)13-9-12(10-14(17(13)23)20(4,5)6)26-18-15(7-8-24-18)25-11-16(21)22/h9-10,15,18,23H,7-8,11H2,1-6H3,(H,21,22)/t15-,18+/m0/s1. The molecule has 0 radical (unpaired) electrons. The molecule has 0 saturated carbocycles. The first kappa shape index (κ1) is 21.1. The van der Waals surface area contributed by atoms with Gasteiger partial charge in [0.15, 0.2) is 0 Å². The Kier molecular flexibility index (Phi) is 6.31. The molecule has 146 valence electrons. The van der Waals surface area contributed by atoms with E-state index in [0.717, 1.165) is 16.0 Å². The highest BCUT2D eigenvalue weighted by Gasteiger charge is 2.32. The van der Waals surface area contributed by atoms with Crippen molar-refractivity contribution in [1.29, 1.82) is 0 Å². The molecule has 26 heavy (non-hydrogen) atoms. The molecule has 2 N–H and O–H groups in total. The van der Waals surface area contributed by atoms with E-state index in [1.54, 1.807) is 0 Å². The van der Waals surface area contributed by atoms with Gasteiger partial charge in [0, 0.05) is 22.4 Å². The molecule has 2 rings (SSSR count). The number of phenols is 1. The highest BCUT2D eigenvalue weighted by Crippen LogP contribution is 2.43. The molecule has 1 aromatic rings. The summed E-state index contributed by atoms with van der Waals surface area (Å²) in [5, 5.41) is 19.6. The minimum Gasteiger partial charge on any atom is -0.507 e. The van der Waals surface area contributed by atoms with Gasteiger partial charge in [-0.25, -0.2) is 4.79 Å². The van der Waals surface area contributed by atoms with Gasteiger partial charge in [-0.2, -0.15) is 0 Å². The number of thioether (sulfide) groups is 1. The van der Waals surface area contributed by atoms with Gasteiger partial charge in [-0.1, -0.05) is 53.3 Å². The lowest BCUT2D eigenvalue weighted by Gasteiger charge is -2.28. The second kappa shape index (κ2) is 7.79. The van der Waals surface area contributed by atoms with Crippen molar-refractivity contribution in [2.45, 2.75) is 75.2 Å². The summed E-state index contributed by atoms with van der Waals surface area (Å²) in [5.74, 6) is -0.629. The smallest absolute Gasteiger partial charge is 0.329 e. The van der Waals surface area contributed by atoms with Gasteiger partial charge < -0.3 is 19.7 Å². The Hall–Kier alpha value is -1.24. The number of aliphatic carboxylic acids is 1. The molecule has 0 aromatic heterocycles. The molecule has 0 bridgehead atoms. The number of ether oxygens (including phenoxy) is 2. The first-order valence-corrected chi connectivity index (χ1v) is 9.77. The van der Waals surface area contributed by atoms with Crippen LogP contribution in [-0.2, 0) is 25.1 Å². The molecule has 0 spiro atoms. The molecule has 1 aliphatic heterocycles. The molecule has 1 saturated heterocycles. The van der Waals surface area contributed by atoms with E-state index < -0.39 is 5.97 Å². The molecule has 6 heteroatoms. The van der Waals surface area contributed by atoms with Gasteiger partial charge in [-0.15, -0.1) is 0 Å². The minimum absolute atomic E-state index is 0.198. The molecule has 2 atom stereocenters. The van der Waals surface area contributed by atoms with E-state index in [0.29, 0.717) is 18.8 Å². The highest BCUT2D eigenvalue weighted by atomic mass is 32.2.